The predicted octanol–water partition coefficient (Wildman–Crippen LogP) is 4.47. The number of aliphatic carboxylic acids is 1. The molecule has 0 saturated carbocycles. The van der Waals surface area contributed by atoms with E-state index < -0.39 is 29.8 Å². The molecule has 0 atom stereocenters. The molecule has 2 amide bonds. The summed E-state index contributed by atoms with van der Waals surface area (Å²) in [5, 5.41) is 17.8. The van der Waals surface area contributed by atoms with Crippen molar-refractivity contribution in [3.63, 3.8) is 0 Å². The summed E-state index contributed by atoms with van der Waals surface area (Å²) in [5.41, 5.74) is 0.756. The van der Waals surface area contributed by atoms with Crippen molar-refractivity contribution < 1.29 is 45.8 Å². The third-order valence-corrected chi connectivity index (χ3v) is 4.98. The molecule has 0 spiro atoms. The van der Waals surface area contributed by atoms with Crippen molar-refractivity contribution in [2.45, 2.75) is 18.8 Å². The predicted molar refractivity (Wildman–Crippen MR) is 126 cm³/mol. The quantitative estimate of drug-likeness (QED) is 0.290. The lowest BCUT2D eigenvalue weighted by Crippen LogP contribution is -2.21. The number of hydrogen-bond donors (Lipinski definition) is 5. The van der Waals surface area contributed by atoms with Crippen LogP contribution in [0, 0.1) is 0 Å². The van der Waals surface area contributed by atoms with Crippen LogP contribution in [0.25, 0.3) is 0 Å². The number of carboxylic acid groups (broad SMARTS) is 1. The first kappa shape index (κ1) is 28.7. The summed E-state index contributed by atoms with van der Waals surface area (Å²) < 4.78 is 72.5. The number of nitrogens with one attached hydrogen (secondary N) is 4. The zero-order valence-electron chi connectivity index (χ0n) is 19.7. The molecule has 0 fully saturated rings. The molecule has 2 aromatic heterocycles. The highest BCUT2D eigenvalue weighted by Crippen LogP contribution is 2.37. The minimum Gasteiger partial charge on any atom is -0.475 e. The molecule has 0 bridgehead atoms. The number of pyridine rings is 2. The Hall–Kier alpha value is -4.89. The summed E-state index contributed by atoms with van der Waals surface area (Å²) in [6.07, 6.45) is -7.41. The number of anilines is 5. The van der Waals surface area contributed by atoms with Gasteiger partial charge in [-0.2, -0.15) is 26.3 Å². The minimum atomic E-state index is -5.08. The molecule has 4 rings (SSSR count). The average molecular weight is 556 g/mol. The lowest BCUT2D eigenvalue weighted by molar-refractivity contribution is -0.192. The highest BCUT2D eigenvalue weighted by molar-refractivity contribution is 6.00. The number of nitrogens with zero attached hydrogens (tertiary/aromatic N) is 2. The number of carbonyl (C=O) groups is 3. The molecule has 1 aliphatic rings. The van der Waals surface area contributed by atoms with Gasteiger partial charge < -0.3 is 26.4 Å². The number of alkyl halides is 6. The van der Waals surface area contributed by atoms with Crippen molar-refractivity contribution in [2.75, 3.05) is 23.0 Å². The van der Waals surface area contributed by atoms with Crippen molar-refractivity contribution in [2.24, 2.45) is 0 Å². The number of halogens is 6. The summed E-state index contributed by atoms with van der Waals surface area (Å²) in [7, 11) is 1.40. The van der Waals surface area contributed by atoms with Crippen molar-refractivity contribution in [3.8, 4) is 0 Å². The van der Waals surface area contributed by atoms with Crippen LogP contribution in [0.1, 0.15) is 21.6 Å². The Morgan fingerprint density at radius 3 is 2.31 bits per heavy atom. The van der Waals surface area contributed by atoms with E-state index in [0.717, 1.165) is 5.56 Å². The van der Waals surface area contributed by atoms with Crippen LogP contribution in [0.5, 0.6) is 0 Å². The molecule has 3 heterocycles. The Balaban J connectivity index is 0.000000532. The van der Waals surface area contributed by atoms with Crippen molar-refractivity contribution >= 4 is 46.4 Å². The second kappa shape index (κ2) is 11.2. The Morgan fingerprint density at radius 2 is 1.69 bits per heavy atom. The standard InChI is InChI=1S/C21H17F3N6O2.C2HF3O2/c1-25-20(32)19-14(3-2-6-26-19)29-16-9-17(27-10-13(16)21(22,23)24)28-12-5-4-11-7-18(31)30-15(11)8-12;3-2(4,5)1(6)7/h2-6,8-10H,7H2,1H3,(H,25,32)(H,30,31)(H2,27,28,29);(H,6,7). The Labute approximate surface area is 215 Å². The third-order valence-electron chi connectivity index (χ3n) is 4.98. The fourth-order valence-electron chi connectivity index (χ4n) is 3.24. The van der Waals surface area contributed by atoms with E-state index >= 15 is 0 Å². The summed E-state index contributed by atoms with van der Waals surface area (Å²) in [5.74, 6) is -3.29. The van der Waals surface area contributed by atoms with Crippen LogP contribution in [0.15, 0.2) is 48.8 Å². The van der Waals surface area contributed by atoms with E-state index in [-0.39, 0.29) is 35.2 Å². The van der Waals surface area contributed by atoms with E-state index in [0.29, 0.717) is 17.6 Å². The smallest absolute Gasteiger partial charge is 0.475 e. The minimum absolute atomic E-state index is 0.0520. The fraction of sp³-hybridized carbons (Fsp3) is 0.174. The zero-order chi connectivity index (χ0) is 29.0. The maximum absolute atomic E-state index is 13.6. The molecule has 10 nitrogen and oxygen atoms in total. The first-order valence-electron chi connectivity index (χ1n) is 10.7. The number of benzene rings is 1. The van der Waals surface area contributed by atoms with E-state index in [1.807, 2.05) is 0 Å². The van der Waals surface area contributed by atoms with Gasteiger partial charge in [0.1, 0.15) is 5.82 Å². The van der Waals surface area contributed by atoms with Gasteiger partial charge in [-0.3, -0.25) is 9.59 Å². The number of aromatic nitrogens is 2. The van der Waals surface area contributed by atoms with Crippen LogP contribution in [0.3, 0.4) is 0 Å². The maximum Gasteiger partial charge on any atom is 0.490 e. The Bertz CT molecular complexity index is 1410. The average Bonchev–Trinajstić information content (AvgIpc) is 3.22. The van der Waals surface area contributed by atoms with Gasteiger partial charge in [0.15, 0.2) is 5.69 Å². The van der Waals surface area contributed by atoms with Crippen LogP contribution >= 0.6 is 0 Å². The number of amides is 2. The molecule has 0 unspecified atom stereocenters. The second-order valence-electron chi connectivity index (χ2n) is 7.74. The summed E-state index contributed by atoms with van der Waals surface area (Å²) >= 11 is 0. The summed E-state index contributed by atoms with van der Waals surface area (Å²) in [6, 6.07) is 9.28. The number of carboxylic acids is 1. The van der Waals surface area contributed by atoms with Crippen LogP contribution in [0.2, 0.25) is 0 Å². The van der Waals surface area contributed by atoms with Gasteiger partial charge in [0.25, 0.3) is 5.91 Å². The molecule has 1 aliphatic heterocycles. The van der Waals surface area contributed by atoms with E-state index in [1.54, 1.807) is 18.2 Å². The SMILES string of the molecule is CNC(=O)c1ncccc1Nc1cc(Nc2ccc3c(c2)NC(=O)C3)ncc1C(F)(F)F.O=C(O)C(F)(F)F. The first-order valence-corrected chi connectivity index (χ1v) is 10.7. The van der Waals surface area contributed by atoms with Gasteiger partial charge in [-0.1, -0.05) is 6.07 Å². The first-order chi connectivity index (χ1) is 18.2. The van der Waals surface area contributed by atoms with Gasteiger partial charge >= 0.3 is 18.3 Å². The van der Waals surface area contributed by atoms with Gasteiger partial charge in [-0.15, -0.1) is 0 Å². The fourth-order valence-corrected chi connectivity index (χ4v) is 3.24. The zero-order valence-corrected chi connectivity index (χ0v) is 19.7. The van der Waals surface area contributed by atoms with E-state index in [2.05, 4.69) is 31.2 Å². The molecule has 0 radical (unpaired) electrons. The normalized spacial score (nSPS) is 12.4. The van der Waals surface area contributed by atoms with E-state index in [4.69, 9.17) is 9.90 Å². The molecule has 3 aromatic rings. The molecule has 0 saturated heterocycles. The highest BCUT2D eigenvalue weighted by Gasteiger charge is 2.38. The third kappa shape index (κ3) is 7.33. The molecule has 206 valence electrons. The number of fused-ring (bicyclic) bond motifs is 1. The monoisotopic (exact) mass is 556 g/mol. The van der Waals surface area contributed by atoms with E-state index in [9.17, 15) is 35.9 Å². The summed E-state index contributed by atoms with van der Waals surface area (Å²) in [6.45, 7) is 0. The molecular formula is C23H18F6N6O4. The van der Waals surface area contributed by atoms with Gasteiger partial charge in [0, 0.05) is 36.9 Å². The van der Waals surface area contributed by atoms with Crippen LogP contribution in [0.4, 0.5) is 54.9 Å². The van der Waals surface area contributed by atoms with Crippen molar-refractivity contribution in [3.05, 3.63) is 65.6 Å². The van der Waals surface area contributed by atoms with Crippen LogP contribution in [-0.4, -0.2) is 46.1 Å². The molecule has 5 N–H and O–H groups in total. The molecule has 0 aliphatic carbocycles. The number of hydrogen-bond acceptors (Lipinski definition) is 7. The topological polar surface area (TPSA) is 145 Å². The second-order valence-corrected chi connectivity index (χ2v) is 7.74. The van der Waals surface area contributed by atoms with Crippen molar-refractivity contribution in [1.82, 2.24) is 15.3 Å². The number of rotatable bonds is 5. The molecule has 1 aromatic carbocycles. The number of carbonyl (C=O) groups excluding carboxylic acids is 2. The largest absolute Gasteiger partial charge is 0.490 e. The lowest BCUT2D eigenvalue weighted by atomic mass is 10.1. The van der Waals surface area contributed by atoms with Crippen molar-refractivity contribution in [1.29, 1.82) is 0 Å². The highest BCUT2D eigenvalue weighted by atomic mass is 19.4. The van der Waals surface area contributed by atoms with Gasteiger partial charge in [-0.25, -0.2) is 14.8 Å². The Kier molecular flexibility index (Phi) is 8.27. The van der Waals surface area contributed by atoms with Gasteiger partial charge in [0.2, 0.25) is 5.91 Å². The maximum atomic E-state index is 13.6. The lowest BCUT2D eigenvalue weighted by Gasteiger charge is -2.17. The molecular weight excluding hydrogens is 538 g/mol. The Morgan fingerprint density at radius 1 is 1.00 bits per heavy atom. The van der Waals surface area contributed by atoms with Crippen LogP contribution in [-0.2, 0) is 22.2 Å². The molecule has 16 heteroatoms. The van der Waals surface area contributed by atoms with Gasteiger partial charge in [-0.05, 0) is 29.8 Å². The van der Waals surface area contributed by atoms with E-state index in [1.165, 1.54) is 31.4 Å². The molecule has 39 heavy (non-hydrogen) atoms. The summed E-state index contributed by atoms with van der Waals surface area (Å²) in [4.78, 5) is 40.3. The van der Waals surface area contributed by atoms with Gasteiger partial charge in [0.05, 0.1) is 23.4 Å². The van der Waals surface area contributed by atoms with Crippen LogP contribution < -0.4 is 21.3 Å².